The van der Waals surface area contributed by atoms with Gasteiger partial charge in [0.1, 0.15) is 6.33 Å². The van der Waals surface area contributed by atoms with Crippen LogP contribution in [0.1, 0.15) is 56.9 Å². The topological polar surface area (TPSA) is 102 Å². The van der Waals surface area contributed by atoms with E-state index in [2.05, 4.69) is 61.1 Å². The summed E-state index contributed by atoms with van der Waals surface area (Å²) in [6.45, 7) is 13.1. The smallest absolute Gasteiger partial charge is 0.256 e. The number of hydrogen-bond acceptors (Lipinski definition) is 6. The van der Waals surface area contributed by atoms with Crippen molar-refractivity contribution < 1.29 is 14.3 Å². The Kier molecular flexibility index (Phi) is 6.63. The quantitative estimate of drug-likeness (QED) is 0.490. The third-order valence-corrected chi connectivity index (χ3v) is 12.0. The van der Waals surface area contributed by atoms with E-state index in [0.29, 0.717) is 22.5 Å². The SMILES string of the molecule is CC[C@H]1C[C@@H](n2cnc3c(NC(=O)c4ccccc4)ncnc32)[C@H](O[Si](C)(C)C(C)(C)C)[C@@H]1O. The molecule has 1 fully saturated rings. The molecule has 0 saturated heterocycles. The molecule has 182 valence electrons. The van der Waals surface area contributed by atoms with E-state index in [1.165, 1.54) is 6.33 Å². The number of rotatable bonds is 6. The summed E-state index contributed by atoms with van der Waals surface area (Å²) in [7, 11) is -2.13. The highest BCUT2D eigenvalue weighted by Gasteiger charge is 2.49. The fourth-order valence-electron chi connectivity index (χ4n) is 4.38. The second-order valence-electron chi connectivity index (χ2n) is 10.7. The van der Waals surface area contributed by atoms with E-state index in [0.717, 1.165) is 12.8 Å². The number of carbonyl (C=O) groups excluding carboxylic acids is 1. The van der Waals surface area contributed by atoms with Crippen molar-refractivity contribution in [2.45, 2.75) is 76.9 Å². The van der Waals surface area contributed by atoms with Crippen LogP contribution in [-0.4, -0.2) is 51.1 Å². The lowest BCUT2D eigenvalue weighted by Crippen LogP contribution is -2.48. The van der Waals surface area contributed by atoms with Gasteiger partial charge in [-0.05, 0) is 42.6 Å². The van der Waals surface area contributed by atoms with Crippen LogP contribution in [-0.2, 0) is 4.43 Å². The fraction of sp³-hybridized carbons (Fsp3) is 0.520. The zero-order valence-corrected chi connectivity index (χ0v) is 21.8. The number of aromatic nitrogens is 4. The number of anilines is 1. The van der Waals surface area contributed by atoms with Crippen LogP contribution in [0.2, 0.25) is 18.1 Å². The molecule has 0 bridgehead atoms. The molecule has 0 radical (unpaired) electrons. The molecule has 2 N–H and O–H groups in total. The van der Waals surface area contributed by atoms with Gasteiger partial charge < -0.3 is 19.4 Å². The lowest BCUT2D eigenvalue weighted by Gasteiger charge is -2.40. The number of nitrogens with one attached hydrogen (secondary N) is 1. The van der Waals surface area contributed by atoms with Crippen molar-refractivity contribution in [1.82, 2.24) is 19.5 Å². The molecule has 8 nitrogen and oxygen atoms in total. The molecule has 4 rings (SSSR count). The largest absolute Gasteiger partial charge is 0.409 e. The number of nitrogens with zero attached hydrogens (tertiary/aromatic N) is 4. The summed E-state index contributed by atoms with van der Waals surface area (Å²) in [6, 6.07) is 8.89. The van der Waals surface area contributed by atoms with E-state index < -0.39 is 14.4 Å². The lowest BCUT2D eigenvalue weighted by molar-refractivity contribution is 0.0136. The van der Waals surface area contributed by atoms with E-state index in [4.69, 9.17) is 4.43 Å². The Labute approximate surface area is 201 Å². The third-order valence-electron chi connectivity index (χ3n) is 7.49. The molecule has 0 spiro atoms. The first-order valence-corrected chi connectivity index (χ1v) is 14.8. The second kappa shape index (κ2) is 9.20. The number of hydrogen-bond donors (Lipinski definition) is 2. The first-order chi connectivity index (χ1) is 16.0. The Hall–Kier alpha value is -2.62. The minimum Gasteiger partial charge on any atom is -0.409 e. The zero-order valence-electron chi connectivity index (χ0n) is 20.8. The minimum absolute atomic E-state index is 0.0234. The summed E-state index contributed by atoms with van der Waals surface area (Å²) in [4.78, 5) is 26.0. The van der Waals surface area contributed by atoms with Gasteiger partial charge in [-0.25, -0.2) is 15.0 Å². The van der Waals surface area contributed by atoms with Crippen LogP contribution in [0.5, 0.6) is 0 Å². The van der Waals surface area contributed by atoms with Gasteiger partial charge in [-0.2, -0.15) is 0 Å². The van der Waals surface area contributed by atoms with E-state index in [1.54, 1.807) is 18.5 Å². The molecule has 9 heteroatoms. The standard InChI is InChI=1S/C25H35N5O3Si/c1-7-16-13-18(21(20(16)31)33-34(5,6)25(2,3)4)30-15-28-19-22(26-14-27-23(19)30)29-24(32)17-11-9-8-10-12-17/h8-12,14-16,18,20-21,31H,7,13H2,1-6H3,(H,26,27,29,32)/t16-,18+,20+,21-/m0/s1. The zero-order chi connectivity index (χ0) is 24.7. The molecule has 1 aromatic carbocycles. The molecular weight excluding hydrogens is 446 g/mol. The molecule has 1 amide bonds. The first kappa shape index (κ1) is 24.5. The van der Waals surface area contributed by atoms with Crippen molar-refractivity contribution in [3.63, 3.8) is 0 Å². The van der Waals surface area contributed by atoms with Crippen LogP contribution in [0.15, 0.2) is 43.0 Å². The predicted octanol–water partition coefficient (Wildman–Crippen LogP) is 4.80. The van der Waals surface area contributed by atoms with Crippen LogP contribution in [0, 0.1) is 5.92 Å². The Morgan fingerprint density at radius 1 is 1.21 bits per heavy atom. The number of amides is 1. The van der Waals surface area contributed by atoms with Gasteiger partial charge in [0.15, 0.2) is 25.3 Å². The Balaban J connectivity index is 1.68. The molecule has 1 aliphatic carbocycles. The summed E-state index contributed by atoms with van der Waals surface area (Å²) < 4.78 is 8.76. The monoisotopic (exact) mass is 481 g/mol. The summed E-state index contributed by atoms with van der Waals surface area (Å²) in [5.74, 6) is 0.248. The van der Waals surface area contributed by atoms with Gasteiger partial charge in [0.2, 0.25) is 0 Å². The van der Waals surface area contributed by atoms with Gasteiger partial charge in [-0.1, -0.05) is 52.3 Å². The van der Waals surface area contributed by atoms with Crippen molar-refractivity contribution in [2.24, 2.45) is 5.92 Å². The van der Waals surface area contributed by atoms with Gasteiger partial charge in [0, 0.05) is 5.56 Å². The first-order valence-electron chi connectivity index (χ1n) is 11.9. The van der Waals surface area contributed by atoms with E-state index in [9.17, 15) is 9.90 Å². The number of imidazole rings is 1. The van der Waals surface area contributed by atoms with Crippen molar-refractivity contribution in [3.05, 3.63) is 48.5 Å². The van der Waals surface area contributed by atoms with E-state index >= 15 is 0 Å². The van der Waals surface area contributed by atoms with E-state index in [1.807, 2.05) is 22.8 Å². The van der Waals surface area contributed by atoms with Gasteiger partial charge in [0.25, 0.3) is 5.91 Å². The Morgan fingerprint density at radius 2 is 1.91 bits per heavy atom. The molecule has 34 heavy (non-hydrogen) atoms. The minimum atomic E-state index is -2.13. The predicted molar refractivity (Wildman–Crippen MR) is 135 cm³/mol. The molecule has 0 aliphatic heterocycles. The number of aliphatic hydroxyl groups excluding tert-OH is 1. The highest BCUT2D eigenvalue weighted by molar-refractivity contribution is 6.74. The normalized spacial score (nSPS) is 23.4. The lowest BCUT2D eigenvalue weighted by atomic mass is 10.0. The van der Waals surface area contributed by atoms with Crippen LogP contribution >= 0.6 is 0 Å². The van der Waals surface area contributed by atoms with Crippen LogP contribution < -0.4 is 5.32 Å². The molecule has 2 heterocycles. The maximum absolute atomic E-state index is 12.7. The van der Waals surface area contributed by atoms with Crippen molar-refractivity contribution in [2.75, 3.05) is 5.32 Å². The Morgan fingerprint density at radius 3 is 2.56 bits per heavy atom. The average molecular weight is 482 g/mol. The highest BCUT2D eigenvalue weighted by atomic mass is 28.4. The molecule has 4 atom stereocenters. The summed E-state index contributed by atoms with van der Waals surface area (Å²) in [6.07, 6.45) is 3.91. The van der Waals surface area contributed by atoms with Gasteiger partial charge in [0.05, 0.1) is 24.6 Å². The molecule has 1 aliphatic rings. The number of fused-ring (bicyclic) bond motifs is 1. The van der Waals surface area contributed by atoms with Gasteiger partial charge in [-0.15, -0.1) is 0 Å². The second-order valence-corrected chi connectivity index (χ2v) is 15.4. The maximum Gasteiger partial charge on any atom is 0.256 e. The van der Waals surface area contributed by atoms with Crippen LogP contribution in [0.4, 0.5) is 5.82 Å². The number of benzene rings is 1. The molecule has 1 saturated carbocycles. The van der Waals surface area contributed by atoms with E-state index in [-0.39, 0.29) is 29.0 Å². The fourth-order valence-corrected chi connectivity index (χ4v) is 5.71. The Bertz CT molecular complexity index is 1160. The van der Waals surface area contributed by atoms with Crippen LogP contribution in [0.25, 0.3) is 11.2 Å². The summed E-state index contributed by atoms with van der Waals surface area (Å²) >= 11 is 0. The summed E-state index contributed by atoms with van der Waals surface area (Å²) in [5, 5.41) is 14.1. The number of carbonyl (C=O) groups is 1. The molecular formula is C25H35N5O3Si. The average Bonchev–Trinajstić information content (AvgIpc) is 3.35. The summed E-state index contributed by atoms with van der Waals surface area (Å²) in [5.41, 5.74) is 1.68. The highest BCUT2D eigenvalue weighted by Crippen LogP contribution is 2.45. The van der Waals surface area contributed by atoms with Gasteiger partial charge in [-0.3, -0.25) is 4.79 Å². The maximum atomic E-state index is 12.7. The van der Waals surface area contributed by atoms with Crippen molar-refractivity contribution in [1.29, 1.82) is 0 Å². The molecule has 2 aromatic heterocycles. The van der Waals surface area contributed by atoms with Crippen LogP contribution in [0.3, 0.4) is 0 Å². The van der Waals surface area contributed by atoms with Gasteiger partial charge >= 0.3 is 0 Å². The molecule has 0 unspecified atom stereocenters. The molecule has 3 aromatic rings. The number of aliphatic hydroxyl groups is 1. The van der Waals surface area contributed by atoms with Crippen molar-refractivity contribution in [3.8, 4) is 0 Å². The van der Waals surface area contributed by atoms with Crippen molar-refractivity contribution >= 4 is 31.2 Å². The third kappa shape index (κ3) is 4.52.